The summed E-state index contributed by atoms with van der Waals surface area (Å²) in [5, 5.41) is 7.87. The van der Waals surface area contributed by atoms with Gasteiger partial charge in [0.2, 0.25) is 5.16 Å². The first-order valence-corrected chi connectivity index (χ1v) is 7.06. The summed E-state index contributed by atoms with van der Waals surface area (Å²) in [5.41, 5.74) is 1.17. The second kappa shape index (κ2) is 6.44. The van der Waals surface area contributed by atoms with Gasteiger partial charge in [-0.05, 0) is 13.0 Å². The van der Waals surface area contributed by atoms with E-state index in [0.717, 1.165) is 28.9 Å². The molecule has 1 N–H and O–H groups in total. The summed E-state index contributed by atoms with van der Waals surface area (Å²) >= 11 is 1.62. The van der Waals surface area contributed by atoms with E-state index < -0.39 is 0 Å². The molecule has 1 aromatic heterocycles. The molecule has 0 amide bonds. The molecule has 0 unspecified atom stereocenters. The number of aromatic amines is 1. The van der Waals surface area contributed by atoms with Gasteiger partial charge in [0.05, 0.1) is 6.61 Å². The molecule has 0 atom stereocenters. The van der Waals surface area contributed by atoms with Gasteiger partial charge < -0.3 is 4.74 Å². The molecular weight excluding hydrogens is 246 g/mol. The number of benzene rings is 1. The number of para-hydroxylation sites is 1. The smallest absolute Gasteiger partial charge is 0.208 e. The highest BCUT2D eigenvalue weighted by Crippen LogP contribution is 2.26. The number of rotatable bonds is 6. The quantitative estimate of drug-likeness (QED) is 0.814. The molecule has 0 aliphatic rings. The van der Waals surface area contributed by atoms with Crippen LogP contribution in [0.15, 0.2) is 29.4 Å². The van der Waals surface area contributed by atoms with Gasteiger partial charge in [-0.2, -0.15) is 0 Å². The molecule has 0 aliphatic heterocycles. The zero-order valence-electron chi connectivity index (χ0n) is 10.6. The van der Waals surface area contributed by atoms with Crippen LogP contribution in [0.1, 0.15) is 25.2 Å². The van der Waals surface area contributed by atoms with Crippen molar-refractivity contribution in [2.45, 2.75) is 31.2 Å². The van der Waals surface area contributed by atoms with Crippen LogP contribution in [0.2, 0.25) is 0 Å². The third kappa shape index (κ3) is 3.26. The maximum Gasteiger partial charge on any atom is 0.208 e. The minimum absolute atomic E-state index is 0.683. The molecule has 4 nitrogen and oxygen atoms in total. The van der Waals surface area contributed by atoms with Crippen molar-refractivity contribution in [2.24, 2.45) is 0 Å². The van der Waals surface area contributed by atoms with Crippen molar-refractivity contribution in [3.05, 3.63) is 35.7 Å². The van der Waals surface area contributed by atoms with Crippen LogP contribution in [-0.4, -0.2) is 21.8 Å². The van der Waals surface area contributed by atoms with Gasteiger partial charge in [-0.1, -0.05) is 36.9 Å². The third-order valence-corrected chi connectivity index (χ3v) is 3.37. The normalized spacial score (nSPS) is 10.6. The van der Waals surface area contributed by atoms with Crippen LogP contribution in [0.4, 0.5) is 0 Å². The number of H-pyrrole nitrogens is 1. The van der Waals surface area contributed by atoms with Crippen LogP contribution in [0.3, 0.4) is 0 Å². The molecule has 1 aromatic carbocycles. The number of hydrogen-bond acceptors (Lipinski definition) is 4. The van der Waals surface area contributed by atoms with Gasteiger partial charge >= 0.3 is 0 Å². The molecule has 96 valence electrons. The number of nitrogens with one attached hydrogen (secondary N) is 1. The van der Waals surface area contributed by atoms with Crippen LogP contribution in [0, 0.1) is 0 Å². The second-order valence-corrected chi connectivity index (χ2v) is 4.69. The van der Waals surface area contributed by atoms with Crippen LogP contribution in [-0.2, 0) is 12.2 Å². The Morgan fingerprint density at radius 3 is 2.83 bits per heavy atom. The summed E-state index contributed by atoms with van der Waals surface area (Å²) in [4.78, 5) is 4.37. The highest BCUT2D eigenvalue weighted by Gasteiger charge is 2.06. The fraction of sp³-hybridized carbons (Fsp3) is 0.385. The van der Waals surface area contributed by atoms with E-state index in [0.29, 0.717) is 6.61 Å². The largest absolute Gasteiger partial charge is 0.494 e. The van der Waals surface area contributed by atoms with E-state index in [1.165, 1.54) is 5.56 Å². The van der Waals surface area contributed by atoms with E-state index in [1.54, 1.807) is 11.8 Å². The highest BCUT2D eigenvalue weighted by atomic mass is 32.2. The van der Waals surface area contributed by atoms with Crippen molar-refractivity contribution in [2.75, 3.05) is 6.61 Å². The fourth-order valence-corrected chi connectivity index (χ4v) is 2.37. The van der Waals surface area contributed by atoms with Crippen molar-refractivity contribution in [1.82, 2.24) is 15.2 Å². The summed E-state index contributed by atoms with van der Waals surface area (Å²) in [6.07, 6.45) is 0.878. The lowest BCUT2D eigenvalue weighted by Gasteiger charge is -2.08. The summed E-state index contributed by atoms with van der Waals surface area (Å²) in [6.45, 7) is 4.73. The lowest BCUT2D eigenvalue weighted by molar-refractivity contribution is 0.337. The van der Waals surface area contributed by atoms with Crippen molar-refractivity contribution in [3.8, 4) is 5.75 Å². The number of ether oxygens (including phenoxy) is 1. The number of thioether (sulfide) groups is 1. The predicted molar refractivity (Wildman–Crippen MR) is 72.9 cm³/mol. The first-order chi connectivity index (χ1) is 8.83. The molecule has 5 heteroatoms. The van der Waals surface area contributed by atoms with E-state index in [4.69, 9.17) is 4.74 Å². The predicted octanol–water partition coefficient (Wildman–Crippen LogP) is 3.06. The van der Waals surface area contributed by atoms with Gasteiger partial charge in [-0.25, -0.2) is 4.98 Å². The van der Waals surface area contributed by atoms with Gasteiger partial charge in [0.1, 0.15) is 11.6 Å². The van der Waals surface area contributed by atoms with E-state index in [1.807, 2.05) is 25.1 Å². The number of aromatic nitrogens is 3. The molecule has 0 radical (unpaired) electrons. The Morgan fingerprint density at radius 1 is 1.28 bits per heavy atom. The minimum atomic E-state index is 0.683. The molecule has 0 aliphatic carbocycles. The molecule has 1 heterocycles. The summed E-state index contributed by atoms with van der Waals surface area (Å²) in [5.74, 6) is 2.69. The average molecular weight is 263 g/mol. The highest BCUT2D eigenvalue weighted by molar-refractivity contribution is 7.98. The minimum Gasteiger partial charge on any atom is -0.494 e. The molecular formula is C13H17N3OS. The Kier molecular flexibility index (Phi) is 4.64. The van der Waals surface area contributed by atoms with Crippen LogP contribution < -0.4 is 4.74 Å². The van der Waals surface area contributed by atoms with Crippen LogP contribution in [0.5, 0.6) is 5.75 Å². The Hall–Kier alpha value is -1.49. The van der Waals surface area contributed by atoms with Gasteiger partial charge in [0.15, 0.2) is 0 Å². The van der Waals surface area contributed by atoms with Crippen molar-refractivity contribution < 1.29 is 4.74 Å². The summed E-state index contributed by atoms with van der Waals surface area (Å²) in [7, 11) is 0. The molecule has 2 aromatic rings. The Bertz CT molecular complexity index is 498. The summed E-state index contributed by atoms with van der Waals surface area (Å²) in [6, 6.07) is 8.08. The average Bonchev–Trinajstić information content (AvgIpc) is 2.86. The van der Waals surface area contributed by atoms with E-state index in [2.05, 4.69) is 28.2 Å². The molecule has 18 heavy (non-hydrogen) atoms. The molecule has 0 saturated carbocycles. The van der Waals surface area contributed by atoms with Gasteiger partial charge in [-0.3, -0.25) is 5.10 Å². The van der Waals surface area contributed by atoms with Gasteiger partial charge in [-0.15, -0.1) is 5.10 Å². The topological polar surface area (TPSA) is 50.8 Å². The van der Waals surface area contributed by atoms with Crippen LogP contribution >= 0.6 is 11.8 Å². The molecule has 0 spiro atoms. The fourth-order valence-electron chi connectivity index (χ4n) is 1.56. The standard InChI is InChI=1S/C13H17N3OS/c1-3-12-14-13(16-15-12)18-9-10-7-5-6-8-11(10)17-4-2/h5-8H,3-4,9H2,1-2H3,(H,14,15,16). The zero-order chi connectivity index (χ0) is 12.8. The SMILES string of the molecule is CCOc1ccccc1CSc1n[nH]c(CC)n1. The lowest BCUT2D eigenvalue weighted by atomic mass is 10.2. The first-order valence-electron chi connectivity index (χ1n) is 6.08. The Balaban J connectivity index is 2.01. The van der Waals surface area contributed by atoms with E-state index in [9.17, 15) is 0 Å². The molecule has 2 rings (SSSR count). The zero-order valence-corrected chi connectivity index (χ0v) is 11.5. The monoisotopic (exact) mass is 263 g/mol. The molecule has 0 fully saturated rings. The van der Waals surface area contributed by atoms with Crippen molar-refractivity contribution >= 4 is 11.8 Å². The third-order valence-electron chi connectivity index (χ3n) is 2.48. The van der Waals surface area contributed by atoms with E-state index in [-0.39, 0.29) is 0 Å². The Labute approximate surface area is 111 Å². The molecule has 0 bridgehead atoms. The lowest BCUT2D eigenvalue weighted by Crippen LogP contribution is -1.95. The second-order valence-electron chi connectivity index (χ2n) is 3.75. The maximum atomic E-state index is 5.59. The number of aryl methyl sites for hydroxylation is 1. The van der Waals surface area contributed by atoms with Crippen molar-refractivity contribution in [1.29, 1.82) is 0 Å². The van der Waals surface area contributed by atoms with Crippen molar-refractivity contribution in [3.63, 3.8) is 0 Å². The van der Waals surface area contributed by atoms with Gasteiger partial charge in [0, 0.05) is 17.7 Å². The van der Waals surface area contributed by atoms with Gasteiger partial charge in [0.25, 0.3) is 0 Å². The number of nitrogens with zero attached hydrogens (tertiary/aromatic N) is 2. The number of hydrogen-bond donors (Lipinski definition) is 1. The molecule has 0 saturated heterocycles. The van der Waals surface area contributed by atoms with E-state index >= 15 is 0 Å². The first kappa shape index (κ1) is 13.0. The van der Waals surface area contributed by atoms with Crippen LogP contribution in [0.25, 0.3) is 0 Å². The summed E-state index contributed by atoms with van der Waals surface area (Å²) < 4.78 is 5.59. The Morgan fingerprint density at radius 2 is 2.11 bits per heavy atom. The maximum absolute atomic E-state index is 5.59.